The molecule has 1 aliphatic rings. The molecule has 0 aromatic heterocycles. The highest BCUT2D eigenvalue weighted by Crippen LogP contribution is 2.32. The molecule has 5 atom stereocenters. The molecule has 0 bridgehead atoms. The molecule has 4 N–H and O–H groups in total. The lowest BCUT2D eigenvalue weighted by Crippen LogP contribution is -2.65. The molecule has 160 valence electrons. The van der Waals surface area contributed by atoms with Crippen LogP contribution in [0.2, 0.25) is 0 Å². The van der Waals surface area contributed by atoms with Crippen molar-refractivity contribution >= 4 is 12.1 Å². The Balaban J connectivity index is 0.00000101. The smallest absolute Gasteiger partial charge is 0.373 e. The molecule has 1 heterocycles. The molecule has 0 spiro atoms. The van der Waals surface area contributed by atoms with Crippen molar-refractivity contribution in [1.29, 1.82) is 0 Å². The van der Waals surface area contributed by atoms with E-state index >= 15 is 0 Å². The van der Waals surface area contributed by atoms with Crippen LogP contribution in [0.4, 0.5) is 0 Å². The molecule has 30 heavy (non-hydrogen) atoms. The van der Waals surface area contributed by atoms with Gasteiger partial charge < -0.3 is 30.1 Å². The van der Waals surface area contributed by atoms with Crippen LogP contribution in [-0.2, 0) is 19.1 Å². The molecule has 9 heteroatoms. The molecule has 1 aliphatic heterocycles. The molecular weight excluding hydrogens is 394 g/mol. The maximum atomic E-state index is 11.5. The normalized spacial score (nSPS) is 25.3. The number of rotatable bonds is 5. The number of nitrogens with one attached hydrogen (secondary N) is 1. The van der Waals surface area contributed by atoms with Crippen molar-refractivity contribution in [3.05, 3.63) is 54.6 Å². The Hall–Kier alpha value is -3.07. The van der Waals surface area contributed by atoms with Gasteiger partial charge in [-0.3, -0.25) is 4.79 Å². The van der Waals surface area contributed by atoms with Gasteiger partial charge in [0.15, 0.2) is 0 Å². The summed E-state index contributed by atoms with van der Waals surface area (Å²) in [6, 6.07) is 15.9. The number of carbonyl (C=O) groups excluding carboxylic acids is 3. The van der Waals surface area contributed by atoms with E-state index in [1.54, 1.807) is 12.1 Å². The van der Waals surface area contributed by atoms with Crippen LogP contribution in [0.15, 0.2) is 54.6 Å². The van der Waals surface area contributed by atoms with Crippen molar-refractivity contribution in [2.24, 2.45) is 0 Å². The van der Waals surface area contributed by atoms with Crippen LogP contribution in [0.3, 0.4) is 0 Å². The van der Waals surface area contributed by atoms with Crippen LogP contribution in [0.25, 0.3) is 11.1 Å². The van der Waals surface area contributed by atoms with Crippen molar-refractivity contribution in [2.75, 3.05) is 6.61 Å². The van der Waals surface area contributed by atoms with E-state index in [-0.39, 0.29) is 6.15 Å². The quantitative estimate of drug-likeness (QED) is 0.536. The maximum absolute atomic E-state index is 11.5. The zero-order chi connectivity index (χ0) is 22.1. The van der Waals surface area contributed by atoms with Gasteiger partial charge in [0.25, 0.3) is 0 Å². The third kappa shape index (κ3) is 5.73. The molecule has 0 saturated carbocycles. The van der Waals surface area contributed by atoms with Crippen LogP contribution in [0.5, 0.6) is 5.75 Å². The third-order valence-corrected chi connectivity index (χ3v) is 4.47. The van der Waals surface area contributed by atoms with Crippen LogP contribution in [0, 0.1) is 0 Å². The third-order valence-electron chi connectivity index (χ3n) is 4.47. The van der Waals surface area contributed by atoms with Crippen molar-refractivity contribution in [3.8, 4) is 16.9 Å². The van der Waals surface area contributed by atoms with Crippen molar-refractivity contribution < 1.29 is 39.2 Å². The highest BCUT2D eigenvalue weighted by Gasteiger charge is 2.46. The van der Waals surface area contributed by atoms with Gasteiger partial charge in [-0.1, -0.05) is 48.5 Å². The second-order valence-electron chi connectivity index (χ2n) is 6.50. The highest BCUT2D eigenvalue weighted by molar-refractivity contribution is 5.73. The minimum atomic E-state index is -1.35. The number of aliphatic hydroxyl groups excluding tert-OH is 3. The standard InChI is InChI=1S/C20H23NO6.CO2/c1-12(23)21-17-19(25)18(24)16(11-22)27-20(17)26-15-10-6-5-9-14(15)13-7-3-2-4-8-13;2-1-3/h2-10,16-20,22,24-25H,11H2,1H3,(H,21,23);. The first-order chi connectivity index (χ1) is 14.4. The molecule has 5 unspecified atom stereocenters. The largest absolute Gasteiger partial charge is 0.462 e. The zero-order valence-corrected chi connectivity index (χ0v) is 16.2. The Morgan fingerprint density at radius 2 is 1.67 bits per heavy atom. The van der Waals surface area contributed by atoms with Crippen LogP contribution in [-0.4, -0.2) is 64.6 Å². The summed E-state index contributed by atoms with van der Waals surface area (Å²) in [7, 11) is 0. The number of amides is 1. The monoisotopic (exact) mass is 417 g/mol. The van der Waals surface area contributed by atoms with Gasteiger partial charge in [-0.15, -0.1) is 0 Å². The Labute approximate surface area is 172 Å². The van der Waals surface area contributed by atoms with E-state index < -0.39 is 43.2 Å². The number of ether oxygens (including phenoxy) is 2. The fourth-order valence-electron chi connectivity index (χ4n) is 3.12. The van der Waals surface area contributed by atoms with E-state index in [1.165, 1.54) is 6.92 Å². The van der Waals surface area contributed by atoms with Gasteiger partial charge >= 0.3 is 6.15 Å². The van der Waals surface area contributed by atoms with Gasteiger partial charge in [0.05, 0.1) is 6.61 Å². The molecule has 2 aromatic rings. The minimum Gasteiger partial charge on any atom is -0.462 e. The average molecular weight is 417 g/mol. The van der Waals surface area contributed by atoms with E-state index in [4.69, 9.17) is 19.1 Å². The lowest BCUT2D eigenvalue weighted by molar-refractivity contribution is -0.244. The summed E-state index contributed by atoms with van der Waals surface area (Å²) in [6.07, 6.45) is -4.57. The molecule has 9 nitrogen and oxygen atoms in total. The number of para-hydroxylation sites is 1. The SMILES string of the molecule is CC(=O)NC1C(Oc2ccccc2-c2ccccc2)OC(CO)C(O)C1O.O=C=O. The van der Waals surface area contributed by atoms with Crippen molar-refractivity contribution in [1.82, 2.24) is 5.32 Å². The first-order valence-electron chi connectivity index (χ1n) is 9.12. The number of benzene rings is 2. The molecule has 0 aliphatic carbocycles. The first kappa shape index (κ1) is 23.2. The second kappa shape index (κ2) is 11.2. The summed E-state index contributed by atoms with van der Waals surface area (Å²) >= 11 is 0. The Bertz CT molecular complexity index is 853. The van der Waals surface area contributed by atoms with Gasteiger partial charge in [-0.2, -0.15) is 9.59 Å². The number of hydrogen-bond donors (Lipinski definition) is 4. The molecule has 2 aromatic carbocycles. The second-order valence-corrected chi connectivity index (χ2v) is 6.50. The zero-order valence-electron chi connectivity index (χ0n) is 16.2. The first-order valence-corrected chi connectivity index (χ1v) is 9.12. The topological polar surface area (TPSA) is 142 Å². The van der Waals surface area contributed by atoms with E-state index in [9.17, 15) is 20.1 Å². The Morgan fingerprint density at radius 1 is 1.07 bits per heavy atom. The summed E-state index contributed by atoms with van der Waals surface area (Å²) in [5.41, 5.74) is 1.74. The van der Waals surface area contributed by atoms with Gasteiger partial charge in [0, 0.05) is 12.5 Å². The Morgan fingerprint density at radius 3 is 2.27 bits per heavy atom. The lowest BCUT2D eigenvalue weighted by Gasteiger charge is -2.42. The summed E-state index contributed by atoms with van der Waals surface area (Å²) < 4.78 is 11.6. The van der Waals surface area contributed by atoms with Gasteiger partial charge in [-0.25, -0.2) is 0 Å². The molecule has 1 fully saturated rings. The molecule has 1 saturated heterocycles. The number of carbonyl (C=O) groups is 1. The Kier molecular flexibility index (Phi) is 8.67. The van der Waals surface area contributed by atoms with E-state index in [0.29, 0.717) is 5.75 Å². The summed E-state index contributed by atoms with van der Waals surface area (Å²) in [4.78, 5) is 27.8. The van der Waals surface area contributed by atoms with E-state index in [0.717, 1.165) is 11.1 Å². The summed E-state index contributed by atoms with van der Waals surface area (Å²) in [5.74, 6) is 0.0894. The molecule has 0 radical (unpaired) electrons. The predicted molar refractivity (Wildman–Crippen MR) is 103 cm³/mol. The van der Waals surface area contributed by atoms with E-state index in [1.807, 2.05) is 42.5 Å². The maximum Gasteiger partial charge on any atom is 0.373 e. The molecule has 1 amide bonds. The summed E-state index contributed by atoms with van der Waals surface area (Å²) in [5, 5.41) is 32.5. The van der Waals surface area contributed by atoms with Gasteiger partial charge in [-0.05, 0) is 11.6 Å². The van der Waals surface area contributed by atoms with Crippen LogP contribution >= 0.6 is 0 Å². The minimum absolute atomic E-state index is 0.250. The van der Waals surface area contributed by atoms with Gasteiger partial charge in [0.2, 0.25) is 12.2 Å². The van der Waals surface area contributed by atoms with E-state index in [2.05, 4.69) is 5.32 Å². The van der Waals surface area contributed by atoms with Gasteiger partial charge in [0.1, 0.15) is 30.1 Å². The number of hydrogen-bond acceptors (Lipinski definition) is 8. The average Bonchev–Trinajstić information content (AvgIpc) is 2.74. The van der Waals surface area contributed by atoms with Crippen molar-refractivity contribution in [2.45, 2.75) is 37.6 Å². The molecule has 3 rings (SSSR count). The predicted octanol–water partition coefficient (Wildman–Crippen LogP) is 0.0926. The lowest BCUT2D eigenvalue weighted by atomic mass is 9.96. The highest BCUT2D eigenvalue weighted by atomic mass is 16.7. The number of aliphatic hydroxyl groups is 3. The van der Waals surface area contributed by atoms with Crippen LogP contribution in [0.1, 0.15) is 6.92 Å². The molecular formula is C21H23NO8. The fraction of sp³-hybridized carbons (Fsp3) is 0.333. The fourth-order valence-corrected chi connectivity index (χ4v) is 3.12. The van der Waals surface area contributed by atoms with Crippen LogP contribution < -0.4 is 10.1 Å². The summed E-state index contributed by atoms with van der Waals surface area (Å²) in [6.45, 7) is 0.803. The van der Waals surface area contributed by atoms with Crippen molar-refractivity contribution in [3.63, 3.8) is 0 Å².